The Morgan fingerprint density at radius 1 is 1.32 bits per heavy atom. The molecule has 0 bridgehead atoms. The van der Waals surface area contributed by atoms with E-state index in [1.54, 1.807) is 12.3 Å². The predicted octanol–water partition coefficient (Wildman–Crippen LogP) is 4.15. The lowest BCUT2D eigenvalue weighted by Crippen LogP contribution is -2.26. The summed E-state index contributed by atoms with van der Waals surface area (Å²) in [5, 5.41) is 4.00. The molecular weight excluding hydrogens is 321 g/mol. The van der Waals surface area contributed by atoms with E-state index in [4.69, 9.17) is 14.0 Å². The number of ether oxygens (including phenoxy) is 1. The molecule has 1 aliphatic rings. The van der Waals surface area contributed by atoms with Gasteiger partial charge in [0.2, 0.25) is 5.88 Å². The first kappa shape index (κ1) is 17.4. The Kier molecular flexibility index (Phi) is 4.98. The lowest BCUT2D eigenvalue weighted by atomic mass is 10.0. The molecule has 1 saturated carbocycles. The minimum absolute atomic E-state index is 0.0134. The second-order valence-electron chi connectivity index (χ2n) is 6.27. The van der Waals surface area contributed by atoms with Crippen molar-refractivity contribution in [3.05, 3.63) is 12.3 Å². The highest BCUT2D eigenvalue weighted by Crippen LogP contribution is 2.59. The van der Waals surface area contributed by atoms with E-state index in [0.717, 1.165) is 12.2 Å². The third kappa shape index (κ3) is 4.79. The molecule has 0 saturated heterocycles. The Bertz CT molecular complexity index is 495. The van der Waals surface area contributed by atoms with Gasteiger partial charge in [-0.1, -0.05) is 0 Å². The first-order valence-electron chi connectivity index (χ1n) is 6.89. The summed E-state index contributed by atoms with van der Waals surface area (Å²) in [6, 6.07) is 1.56. The number of hydrogen-bond acceptors (Lipinski definition) is 5. The maximum Gasteiger partial charge on any atom is 0.394 e. The first-order chi connectivity index (χ1) is 10.1. The van der Waals surface area contributed by atoms with Gasteiger partial charge in [0.25, 0.3) is 0 Å². The van der Waals surface area contributed by atoms with Crippen LogP contribution in [0.15, 0.2) is 12.3 Å². The summed E-state index contributed by atoms with van der Waals surface area (Å²) in [5.74, 6) is 0.254. The maximum absolute atomic E-state index is 12.8. The SMILES string of the molecule is CC(C)(C)OOSn1ccc(OCCC2(C(F)(F)F)CC2)n1. The minimum Gasteiger partial charge on any atom is -0.477 e. The van der Waals surface area contributed by atoms with Crippen LogP contribution in [0.25, 0.3) is 0 Å². The highest BCUT2D eigenvalue weighted by Gasteiger charge is 2.62. The lowest BCUT2D eigenvalue weighted by Gasteiger charge is -2.18. The van der Waals surface area contributed by atoms with Crippen LogP contribution < -0.4 is 4.74 Å². The molecule has 1 heterocycles. The third-order valence-electron chi connectivity index (χ3n) is 3.22. The largest absolute Gasteiger partial charge is 0.477 e. The van der Waals surface area contributed by atoms with Gasteiger partial charge in [-0.25, -0.2) is 4.89 Å². The molecule has 0 spiro atoms. The van der Waals surface area contributed by atoms with E-state index in [1.165, 1.54) is 4.09 Å². The fourth-order valence-corrected chi connectivity index (χ4v) is 2.26. The monoisotopic (exact) mass is 340 g/mol. The van der Waals surface area contributed by atoms with Gasteiger partial charge >= 0.3 is 6.18 Å². The van der Waals surface area contributed by atoms with Gasteiger partial charge in [-0.3, -0.25) is 0 Å². The zero-order valence-corrected chi connectivity index (χ0v) is 13.5. The topological polar surface area (TPSA) is 45.5 Å². The minimum atomic E-state index is -4.15. The summed E-state index contributed by atoms with van der Waals surface area (Å²) in [5.41, 5.74) is -2.00. The summed E-state index contributed by atoms with van der Waals surface area (Å²) < 4.78 is 49.8. The molecule has 1 aliphatic carbocycles. The second kappa shape index (κ2) is 6.29. The van der Waals surface area contributed by atoms with Crippen LogP contribution in [0.1, 0.15) is 40.0 Å². The van der Waals surface area contributed by atoms with Crippen LogP contribution in [0.4, 0.5) is 13.2 Å². The predicted molar refractivity (Wildman–Crippen MR) is 75.0 cm³/mol. The van der Waals surface area contributed by atoms with Gasteiger partial charge < -0.3 is 4.74 Å². The maximum atomic E-state index is 12.8. The van der Waals surface area contributed by atoms with Gasteiger partial charge in [-0.2, -0.15) is 17.3 Å². The number of rotatable bonds is 7. The Labute approximate surface area is 131 Å². The smallest absolute Gasteiger partial charge is 0.394 e. The van der Waals surface area contributed by atoms with Crippen LogP contribution in [0, 0.1) is 5.41 Å². The summed E-state index contributed by atoms with van der Waals surface area (Å²) in [6.07, 6.45) is -2.25. The number of nitrogens with zero attached hydrogens (tertiary/aromatic N) is 2. The van der Waals surface area contributed by atoms with Crippen molar-refractivity contribution in [2.45, 2.75) is 51.8 Å². The molecule has 0 radical (unpaired) electrons. The molecule has 1 aromatic heterocycles. The normalized spacial score (nSPS) is 17.5. The van der Waals surface area contributed by atoms with Gasteiger partial charge in [0, 0.05) is 12.3 Å². The molecule has 1 fully saturated rings. The Balaban J connectivity index is 1.72. The van der Waals surface area contributed by atoms with E-state index < -0.39 is 17.2 Å². The van der Waals surface area contributed by atoms with Crippen LogP contribution in [-0.4, -0.2) is 27.6 Å². The van der Waals surface area contributed by atoms with Crippen molar-refractivity contribution < 1.29 is 27.1 Å². The van der Waals surface area contributed by atoms with E-state index in [0.29, 0.717) is 0 Å². The highest BCUT2D eigenvalue weighted by molar-refractivity contribution is 7.92. The van der Waals surface area contributed by atoms with Crippen LogP contribution in [0.5, 0.6) is 5.88 Å². The van der Waals surface area contributed by atoms with E-state index in [-0.39, 0.29) is 31.7 Å². The van der Waals surface area contributed by atoms with Gasteiger partial charge in [0.05, 0.1) is 17.6 Å². The Morgan fingerprint density at radius 3 is 2.55 bits per heavy atom. The van der Waals surface area contributed by atoms with Gasteiger partial charge in [0.15, 0.2) is 12.2 Å². The molecule has 0 atom stereocenters. The van der Waals surface area contributed by atoms with Gasteiger partial charge in [0.1, 0.15) is 0 Å². The average molecular weight is 340 g/mol. The second-order valence-corrected chi connectivity index (χ2v) is 6.93. The number of aromatic nitrogens is 2. The highest BCUT2D eigenvalue weighted by atomic mass is 32.2. The summed E-state index contributed by atoms with van der Waals surface area (Å²) in [7, 11) is 0. The molecule has 2 rings (SSSR count). The average Bonchev–Trinajstić information content (AvgIpc) is 3.03. The van der Waals surface area contributed by atoms with Crippen molar-refractivity contribution in [3.63, 3.8) is 0 Å². The molecule has 5 nitrogen and oxygen atoms in total. The summed E-state index contributed by atoms with van der Waals surface area (Å²) >= 11 is 0.847. The van der Waals surface area contributed by atoms with Crippen molar-refractivity contribution in [2.75, 3.05) is 6.61 Å². The van der Waals surface area contributed by atoms with E-state index in [1.807, 2.05) is 20.8 Å². The number of alkyl halides is 3. The van der Waals surface area contributed by atoms with E-state index in [9.17, 15) is 13.2 Å². The van der Waals surface area contributed by atoms with Crippen molar-refractivity contribution in [2.24, 2.45) is 5.41 Å². The molecule has 22 heavy (non-hydrogen) atoms. The van der Waals surface area contributed by atoms with Crippen LogP contribution in [0.3, 0.4) is 0 Å². The Morgan fingerprint density at radius 2 is 2.00 bits per heavy atom. The first-order valence-corrected chi connectivity index (χ1v) is 7.59. The molecule has 0 unspecified atom stereocenters. The Hall–Kier alpha value is -0.930. The van der Waals surface area contributed by atoms with Crippen LogP contribution in [-0.2, 0) is 9.22 Å². The molecule has 0 amide bonds. The van der Waals surface area contributed by atoms with Crippen molar-refractivity contribution >= 4 is 12.2 Å². The fraction of sp³-hybridized carbons (Fsp3) is 0.769. The molecule has 0 aromatic carbocycles. The zero-order valence-electron chi connectivity index (χ0n) is 12.6. The van der Waals surface area contributed by atoms with Gasteiger partial charge in [-0.15, -0.1) is 9.43 Å². The number of halogens is 3. The molecule has 1 aromatic rings. The van der Waals surface area contributed by atoms with Crippen LogP contribution >= 0.6 is 12.2 Å². The molecule has 9 heteroatoms. The summed E-state index contributed by atoms with van der Waals surface area (Å²) in [4.78, 5) is 5.05. The standard InChI is InChI=1S/C13H19F3N2O3S/c1-11(2,3)20-21-22-18-8-4-10(17-18)19-9-7-12(5-6-12)13(14,15)16/h4,8H,5-7,9H2,1-3H3. The number of hydrogen-bond donors (Lipinski definition) is 0. The lowest BCUT2D eigenvalue weighted by molar-refractivity contribution is -0.263. The van der Waals surface area contributed by atoms with Gasteiger partial charge in [-0.05, 0) is 40.0 Å². The van der Waals surface area contributed by atoms with Crippen molar-refractivity contribution in [1.29, 1.82) is 0 Å². The van der Waals surface area contributed by atoms with Crippen molar-refractivity contribution in [1.82, 2.24) is 9.19 Å². The third-order valence-corrected chi connectivity index (χ3v) is 3.70. The molecule has 0 N–H and O–H groups in total. The summed E-state index contributed by atoms with van der Waals surface area (Å²) in [6.45, 7) is 5.49. The molecular formula is C13H19F3N2O3S. The van der Waals surface area contributed by atoms with Crippen LogP contribution in [0.2, 0.25) is 0 Å². The van der Waals surface area contributed by atoms with E-state index in [2.05, 4.69) is 5.10 Å². The van der Waals surface area contributed by atoms with E-state index >= 15 is 0 Å². The molecule has 126 valence electrons. The molecule has 0 aliphatic heterocycles. The van der Waals surface area contributed by atoms with Crippen molar-refractivity contribution in [3.8, 4) is 5.88 Å². The fourth-order valence-electron chi connectivity index (χ4n) is 1.74. The quantitative estimate of drug-likeness (QED) is 0.424. The zero-order chi connectivity index (χ0) is 16.4.